The Labute approximate surface area is 142 Å². The van der Waals surface area contributed by atoms with Gasteiger partial charge in [-0.15, -0.1) is 0 Å². The molecular weight excluding hydrogens is 326 g/mol. The van der Waals surface area contributed by atoms with Crippen molar-refractivity contribution in [2.75, 3.05) is 11.1 Å². The molecule has 0 aromatic heterocycles. The van der Waals surface area contributed by atoms with Crippen LogP contribution in [0.4, 0.5) is 17.1 Å². The van der Waals surface area contributed by atoms with Crippen LogP contribution in [0.5, 0.6) is 0 Å². The van der Waals surface area contributed by atoms with Crippen LogP contribution in [-0.4, -0.2) is 23.0 Å². The predicted molar refractivity (Wildman–Crippen MR) is 93.3 cm³/mol. The van der Waals surface area contributed by atoms with Crippen LogP contribution < -0.4 is 16.5 Å². The quantitative estimate of drug-likeness (QED) is 0.330. The Kier molecular flexibility index (Phi) is 5.41. The number of rotatable bonds is 5. The van der Waals surface area contributed by atoms with E-state index in [2.05, 4.69) is 15.8 Å². The average Bonchev–Trinajstić information content (AvgIpc) is 2.55. The SMILES string of the molecule is CC(=O)Nc1ccc(C=NNC(=O)c2cc(N)cc([N+](=O)[O-])c2)cc1. The number of nitro benzene ring substituents is 1. The van der Waals surface area contributed by atoms with Crippen LogP contribution in [0.1, 0.15) is 22.8 Å². The number of nitrogen functional groups attached to an aromatic ring is 1. The van der Waals surface area contributed by atoms with E-state index in [9.17, 15) is 19.7 Å². The molecule has 0 heterocycles. The molecule has 0 aliphatic heterocycles. The number of carbonyl (C=O) groups excluding carboxylic acids is 2. The molecule has 0 unspecified atom stereocenters. The summed E-state index contributed by atoms with van der Waals surface area (Å²) in [5.41, 5.74) is 9.01. The molecule has 0 radical (unpaired) electrons. The topological polar surface area (TPSA) is 140 Å². The van der Waals surface area contributed by atoms with Crippen molar-refractivity contribution in [3.8, 4) is 0 Å². The number of benzene rings is 2. The highest BCUT2D eigenvalue weighted by Gasteiger charge is 2.13. The lowest BCUT2D eigenvalue weighted by molar-refractivity contribution is -0.384. The minimum Gasteiger partial charge on any atom is -0.399 e. The van der Waals surface area contributed by atoms with Gasteiger partial charge in [-0.25, -0.2) is 5.43 Å². The first kappa shape index (κ1) is 17.6. The Morgan fingerprint density at radius 1 is 1.20 bits per heavy atom. The third-order valence-corrected chi connectivity index (χ3v) is 3.02. The standard InChI is InChI=1S/C16H15N5O4/c1-10(22)19-14-4-2-11(3-5-14)9-18-20-16(23)12-6-13(17)8-15(7-12)21(24)25/h2-9H,17H2,1H3,(H,19,22)(H,20,23). The molecule has 2 rings (SSSR count). The summed E-state index contributed by atoms with van der Waals surface area (Å²) in [6.45, 7) is 1.41. The smallest absolute Gasteiger partial charge is 0.272 e. The fourth-order valence-electron chi connectivity index (χ4n) is 1.96. The first-order valence-electron chi connectivity index (χ1n) is 7.11. The summed E-state index contributed by atoms with van der Waals surface area (Å²) in [6, 6.07) is 10.4. The molecule has 0 bridgehead atoms. The number of nitrogens with one attached hydrogen (secondary N) is 2. The molecule has 0 aliphatic carbocycles. The minimum absolute atomic E-state index is 0.0323. The number of anilines is 2. The Bertz CT molecular complexity index is 846. The van der Waals surface area contributed by atoms with E-state index in [4.69, 9.17) is 5.73 Å². The Morgan fingerprint density at radius 3 is 2.48 bits per heavy atom. The summed E-state index contributed by atoms with van der Waals surface area (Å²) >= 11 is 0. The molecule has 2 aromatic carbocycles. The van der Waals surface area contributed by atoms with E-state index in [1.165, 1.54) is 19.2 Å². The number of non-ortho nitro benzene ring substituents is 1. The number of amides is 2. The summed E-state index contributed by atoms with van der Waals surface area (Å²) in [5, 5.41) is 17.2. The molecule has 25 heavy (non-hydrogen) atoms. The van der Waals surface area contributed by atoms with E-state index in [0.717, 1.165) is 12.1 Å². The molecule has 0 fully saturated rings. The third-order valence-electron chi connectivity index (χ3n) is 3.02. The van der Waals surface area contributed by atoms with Crippen molar-refractivity contribution in [2.24, 2.45) is 5.10 Å². The maximum absolute atomic E-state index is 12.0. The van der Waals surface area contributed by atoms with E-state index < -0.39 is 10.8 Å². The number of hydrazone groups is 1. The van der Waals surface area contributed by atoms with Gasteiger partial charge in [-0.2, -0.15) is 5.10 Å². The number of nitrogens with two attached hydrogens (primary N) is 1. The average molecular weight is 341 g/mol. The van der Waals surface area contributed by atoms with Gasteiger partial charge in [0.25, 0.3) is 11.6 Å². The number of hydrogen-bond acceptors (Lipinski definition) is 6. The molecule has 128 valence electrons. The van der Waals surface area contributed by atoms with Crippen LogP contribution in [0.15, 0.2) is 47.6 Å². The van der Waals surface area contributed by atoms with Crippen LogP contribution in [0.25, 0.3) is 0 Å². The van der Waals surface area contributed by atoms with Gasteiger partial charge < -0.3 is 11.1 Å². The first-order valence-corrected chi connectivity index (χ1v) is 7.11. The van der Waals surface area contributed by atoms with Crippen LogP contribution >= 0.6 is 0 Å². The van der Waals surface area contributed by atoms with Gasteiger partial charge in [-0.1, -0.05) is 12.1 Å². The Balaban J connectivity index is 2.03. The highest BCUT2D eigenvalue weighted by molar-refractivity contribution is 5.96. The maximum Gasteiger partial charge on any atom is 0.272 e. The predicted octanol–water partition coefficient (Wildman–Crippen LogP) is 1.90. The van der Waals surface area contributed by atoms with E-state index in [-0.39, 0.29) is 22.8 Å². The Hall–Kier alpha value is -3.75. The van der Waals surface area contributed by atoms with Crippen molar-refractivity contribution in [1.82, 2.24) is 5.43 Å². The molecule has 2 amide bonds. The van der Waals surface area contributed by atoms with Gasteiger partial charge in [-0.05, 0) is 23.8 Å². The highest BCUT2D eigenvalue weighted by Crippen LogP contribution is 2.18. The monoisotopic (exact) mass is 341 g/mol. The van der Waals surface area contributed by atoms with Gasteiger partial charge in [0.2, 0.25) is 5.91 Å². The van der Waals surface area contributed by atoms with Crippen molar-refractivity contribution in [3.05, 3.63) is 63.7 Å². The molecular formula is C16H15N5O4. The molecule has 9 nitrogen and oxygen atoms in total. The number of hydrogen-bond donors (Lipinski definition) is 3. The van der Waals surface area contributed by atoms with E-state index in [1.54, 1.807) is 24.3 Å². The first-order chi connectivity index (χ1) is 11.8. The fraction of sp³-hybridized carbons (Fsp3) is 0.0625. The van der Waals surface area contributed by atoms with Gasteiger partial charge in [-0.3, -0.25) is 19.7 Å². The summed E-state index contributed by atoms with van der Waals surface area (Å²) in [5.74, 6) is -0.800. The normalized spacial score (nSPS) is 10.4. The van der Waals surface area contributed by atoms with Gasteiger partial charge in [0, 0.05) is 30.4 Å². The van der Waals surface area contributed by atoms with E-state index >= 15 is 0 Å². The fourth-order valence-corrected chi connectivity index (χ4v) is 1.96. The molecule has 0 aliphatic rings. The zero-order chi connectivity index (χ0) is 18.4. The largest absolute Gasteiger partial charge is 0.399 e. The zero-order valence-corrected chi connectivity index (χ0v) is 13.2. The lowest BCUT2D eigenvalue weighted by atomic mass is 10.1. The molecule has 9 heteroatoms. The van der Waals surface area contributed by atoms with E-state index in [1.807, 2.05) is 0 Å². The molecule has 0 saturated carbocycles. The van der Waals surface area contributed by atoms with Crippen molar-refractivity contribution < 1.29 is 14.5 Å². The molecule has 0 spiro atoms. The van der Waals surface area contributed by atoms with Gasteiger partial charge in [0.1, 0.15) is 0 Å². The molecule has 0 atom stereocenters. The van der Waals surface area contributed by atoms with Gasteiger partial charge >= 0.3 is 0 Å². The Morgan fingerprint density at radius 2 is 1.88 bits per heavy atom. The van der Waals surface area contributed by atoms with E-state index in [0.29, 0.717) is 11.3 Å². The maximum atomic E-state index is 12.0. The third kappa shape index (κ3) is 5.13. The summed E-state index contributed by atoms with van der Waals surface area (Å²) in [7, 11) is 0. The van der Waals surface area contributed by atoms with Crippen molar-refractivity contribution >= 4 is 35.1 Å². The van der Waals surface area contributed by atoms with Crippen LogP contribution in [0.2, 0.25) is 0 Å². The zero-order valence-electron chi connectivity index (χ0n) is 13.2. The van der Waals surface area contributed by atoms with Gasteiger partial charge in [0.05, 0.1) is 16.7 Å². The summed E-state index contributed by atoms with van der Waals surface area (Å²) in [4.78, 5) is 33.1. The number of carbonyl (C=O) groups is 2. The second kappa shape index (κ2) is 7.68. The van der Waals surface area contributed by atoms with Gasteiger partial charge in [0.15, 0.2) is 0 Å². The lowest BCUT2D eigenvalue weighted by Gasteiger charge is -2.03. The summed E-state index contributed by atoms with van der Waals surface area (Å²) in [6.07, 6.45) is 1.40. The highest BCUT2D eigenvalue weighted by atomic mass is 16.6. The van der Waals surface area contributed by atoms with Crippen molar-refractivity contribution in [2.45, 2.75) is 6.92 Å². The second-order valence-electron chi connectivity index (χ2n) is 5.07. The van der Waals surface area contributed by atoms with Crippen LogP contribution in [0, 0.1) is 10.1 Å². The number of nitrogens with zero attached hydrogens (tertiary/aromatic N) is 2. The van der Waals surface area contributed by atoms with Crippen molar-refractivity contribution in [3.63, 3.8) is 0 Å². The second-order valence-corrected chi connectivity index (χ2v) is 5.07. The van der Waals surface area contributed by atoms with Crippen LogP contribution in [0.3, 0.4) is 0 Å². The lowest BCUT2D eigenvalue weighted by Crippen LogP contribution is -2.18. The molecule has 0 saturated heterocycles. The van der Waals surface area contributed by atoms with Crippen molar-refractivity contribution in [1.29, 1.82) is 0 Å². The minimum atomic E-state index is -0.632. The number of nitro groups is 1. The summed E-state index contributed by atoms with van der Waals surface area (Å²) < 4.78 is 0. The van der Waals surface area contributed by atoms with Crippen LogP contribution in [-0.2, 0) is 4.79 Å². The molecule has 2 aromatic rings. The molecule has 4 N–H and O–H groups in total.